The van der Waals surface area contributed by atoms with Gasteiger partial charge in [-0.05, 0) is 54.7 Å². The van der Waals surface area contributed by atoms with E-state index in [1.165, 1.54) is 25.3 Å². The zero-order valence-electron chi connectivity index (χ0n) is 21.3. The molecule has 3 fully saturated rings. The van der Waals surface area contributed by atoms with Crippen LogP contribution < -0.4 is 15.4 Å². The number of nitrogens with one attached hydrogen (secondary N) is 2. The molecule has 3 amide bonds. The smallest absolute Gasteiger partial charge is 0.318 e. The Hall–Kier alpha value is -3.14. The number of hydrogen-bond acceptors (Lipinski definition) is 5. The third kappa shape index (κ3) is 6.46. The molecule has 8 nitrogen and oxygen atoms in total. The topological polar surface area (TPSA) is 83.1 Å². The van der Waals surface area contributed by atoms with Crippen molar-refractivity contribution >= 4 is 35.3 Å². The summed E-state index contributed by atoms with van der Waals surface area (Å²) in [4.78, 5) is 29.6. The minimum absolute atomic E-state index is 0.0915. The molecule has 2 aliphatic heterocycles. The summed E-state index contributed by atoms with van der Waals surface area (Å²) in [5, 5.41) is 5.69. The zero-order chi connectivity index (χ0) is 26.6. The number of carbonyl (C=O) groups is 2. The predicted octanol–water partition coefficient (Wildman–Crippen LogP) is 4.14. The number of halogens is 2. The highest BCUT2D eigenvalue weighted by Gasteiger charge is 2.40. The van der Waals surface area contributed by atoms with Crippen molar-refractivity contribution < 1.29 is 23.5 Å². The van der Waals surface area contributed by atoms with Gasteiger partial charge in [0, 0.05) is 38.3 Å². The van der Waals surface area contributed by atoms with Crippen LogP contribution in [-0.4, -0.2) is 73.8 Å². The summed E-state index contributed by atoms with van der Waals surface area (Å²) in [6, 6.07) is 9.34. The van der Waals surface area contributed by atoms with E-state index in [0.29, 0.717) is 67.4 Å². The molecule has 0 radical (unpaired) electrons. The van der Waals surface area contributed by atoms with Crippen LogP contribution in [0.2, 0.25) is 5.02 Å². The van der Waals surface area contributed by atoms with E-state index in [9.17, 15) is 14.0 Å². The van der Waals surface area contributed by atoms with Crippen LogP contribution in [0.1, 0.15) is 24.0 Å². The van der Waals surface area contributed by atoms with Gasteiger partial charge in [-0.2, -0.15) is 0 Å². The molecule has 38 heavy (non-hydrogen) atoms. The molecule has 1 saturated carbocycles. The maximum atomic E-state index is 13.4. The minimum atomic E-state index is -0.391. The summed E-state index contributed by atoms with van der Waals surface area (Å²) < 4.78 is 25.0. The Morgan fingerprint density at radius 3 is 2.53 bits per heavy atom. The number of carbonyl (C=O) groups excluding carboxylic acids is 2. The van der Waals surface area contributed by atoms with Crippen molar-refractivity contribution in [1.82, 2.24) is 15.1 Å². The van der Waals surface area contributed by atoms with Crippen molar-refractivity contribution in [2.45, 2.75) is 31.5 Å². The standard InChI is InChI=1S/C28H32ClFN4O4/c1-31-28(36)32-25-11-24(29)26(38-15-19-2-3-19)10-20(25)6-9-27(35)34-22-13-33(14-23(34)17-37-16-22)12-18-4-7-21(30)8-5-18/h4-11,19,22-23H,2-3,12-17H2,1H3,(H2,31,32,36). The summed E-state index contributed by atoms with van der Waals surface area (Å²) in [5.74, 6) is 0.703. The number of nitrogens with zero attached hydrogens (tertiary/aromatic N) is 2. The van der Waals surface area contributed by atoms with Gasteiger partial charge < -0.3 is 25.0 Å². The molecule has 10 heteroatoms. The summed E-state index contributed by atoms with van der Waals surface area (Å²) >= 11 is 6.43. The SMILES string of the molecule is CNC(=O)Nc1cc(Cl)c(OCC2CC2)cc1C=CC(=O)N1C2COCC1CN(Cc1ccc(F)cc1)C2. The number of urea groups is 1. The van der Waals surface area contributed by atoms with Gasteiger partial charge in [-0.25, -0.2) is 9.18 Å². The molecule has 2 heterocycles. The van der Waals surface area contributed by atoms with Gasteiger partial charge in [0.15, 0.2) is 0 Å². The van der Waals surface area contributed by atoms with Crippen molar-refractivity contribution in [3.63, 3.8) is 0 Å². The molecule has 5 rings (SSSR count). The quantitative estimate of drug-likeness (QED) is 0.490. The third-order valence-electron chi connectivity index (χ3n) is 7.08. The Bertz CT molecular complexity index is 1190. The molecule has 0 spiro atoms. The van der Waals surface area contributed by atoms with E-state index < -0.39 is 6.03 Å². The third-order valence-corrected chi connectivity index (χ3v) is 7.37. The molecule has 2 saturated heterocycles. The monoisotopic (exact) mass is 542 g/mol. The average Bonchev–Trinajstić information content (AvgIpc) is 3.73. The highest BCUT2D eigenvalue weighted by molar-refractivity contribution is 6.32. The van der Waals surface area contributed by atoms with Crippen molar-refractivity contribution in [1.29, 1.82) is 0 Å². The lowest BCUT2D eigenvalue weighted by Gasteiger charge is -2.49. The molecule has 2 N–H and O–H groups in total. The highest BCUT2D eigenvalue weighted by Crippen LogP contribution is 2.35. The largest absolute Gasteiger partial charge is 0.492 e. The summed E-state index contributed by atoms with van der Waals surface area (Å²) in [5.41, 5.74) is 2.13. The second-order valence-corrected chi connectivity index (χ2v) is 10.5. The van der Waals surface area contributed by atoms with E-state index in [-0.39, 0.29) is 23.8 Å². The van der Waals surface area contributed by atoms with Crippen molar-refractivity contribution in [3.8, 4) is 5.75 Å². The van der Waals surface area contributed by atoms with Crippen LogP contribution in [0.15, 0.2) is 42.5 Å². The fraction of sp³-hybridized carbons (Fsp3) is 0.429. The molecule has 2 bridgehead atoms. The number of hydrogen-bond donors (Lipinski definition) is 2. The summed E-state index contributed by atoms with van der Waals surface area (Å²) in [6.07, 6.45) is 5.52. The first-order valence-electron chi connectivity index (χ1n) is 12.9. The number of rotatable bonds is 8. The van der Waals surface area contributed by atoms with E-state index in [4.69, 9.17) is 21.1 Å². The average molecular weight is 543 g/mol. The maximum Gasteiger partial charge on any atom is 0.318 e. The van der Waals surface area contributed by atoms with Crippen LogP contribution in [0, 0.1) is 11.7 Å². The number of amides is 3. The Kier molecular flexibility index (Phi) is 8.16. The van der Waals surface area contributed by atoms with Crippen LogP contribution in [0.3, 0.4) is 0 Å². The molecule has 2 aromatic rings. The Morgan fingerprint density at radius 1 is 1.16 bits per heavy atom. The second-order valence-electron chi connectivity index (χ2n) is 10.1. The number of fused-ring (bicyclic) bond motifs is 2. The van der Waals surface area contributed by atoms with Crippen LogP contribution in [0.5, 0.6) is 5.75 Å². The molecular formula is C28H32ClFN4O4. The lowest BCUT2D eigenvalue weighted by Crippen LogP contribution is -2.65. The molecule has 2 aromatic carbocycles. The van der Waals surface area contributed by atoms with E-state index >= 15 is 0 Å². The Balaban J connectivity index is 1.30. The minimum Gasteiger partial charge on any atom is -0.492 e. The fourth-order valence-corrected chi connectivity index (χ4v) is 5.16. The fourth-order valence-electron chi connectivity index (χ4n) is 4.94. The number of anilines is 1. The molecule has 2 unspecified atom stereocenters. The van der Waals surface area contributed by atoms with Gasteiger partial charge in [0.05, 0.1) is 42.6 Å². The first-order valence-corrected chi connectivity index (χ1v) is 13.3. The van der Waals surface area contributed by atoms with Gasteiger partial charge >= 0.3 is 6.03 Å². The molecule has 1 aliphatic carbocycles. The van der Waals surface area contributed by atoms with E-state index in [0.717, 1.165) is 18.4 Å². The first kappa shape index (κ1) is 26.5. The van der Waals surface area contributed by atoms with Crippen LogP contribution >= 0.6 is 11.6 Å². The lowest BCUT2D eigenvalue weighted by atomic mass is 10.0. The summed E-state index contributed by atoms with van der Waals surface area (Å²) in [7, 11) is 1.53. The van der Waals surface area contributed by atoms with Gasteiger partial charge in [-0.3, -0.25) is 9.69 Å². The van der Waals surface area contributed by atoms with Crippen molar-refractivity contribution in [2.24, 2.45) is 5.92 Å². The highest BCUT2D eigenvalue weighted by atomic mass is 35.5. The van der Waals surface area contributed by atoms with E-state index in [1.54, 1.807) is 30.3 Å². The van der Waals surface area contributed by atoms with Gasteiger partial charge in [-0.15, -0.1) is 0 Å². The van der Waals surface area contributed by atoms with Crippen molar-refractivity contribution in [2.75, 3.05) is 45.3 Å². The lowest BCUT2D eigenvalue weighted by molar-refractivity contribution is -0.150. The molecular weight excluding hydrogens is 511 g/mol. The van der Waals surface area contributed by atoms with Gasteiger partial charge in [0.2, 0.25) is 5.91 Å². The summed E-state index contributed by atoms with van der Waals surface area (Å²) in [6.45, 7) is 3.52. The molecule has 2 atom stereocenters. The van der Waals surface area contributed by atoms with Crippen LogP contribution in [-0.2, 0) is 16.1 Å². The Morgan fingerprint density at radius 2 is 1.87 bits per heavy atom. The Labute approximate surface area is 226 Å². The van der Waals surface area contributed by atoms with E-state index in [2.05, 4.69) is 15.5 Å². The number of morpholine rings is 1. The number of ether oxygens (including phenoxy) is 2. The maximum absolute atomic E-state index is 13.4. The molecule has 202 valence electrons. The number of piperazine rings is 1. The van der Waals surface area contributed by atoms with Crippen molar-refractivity contribution in [3.05, 3.63) is 64.4 Å². The predicted molar refractivity (Wildman–Crippen MR) is 144 cm³/mol. The molecule has 0 aromatic heterocycles. The molecule has 3 aliphatic rings. The van der Waals surface area contributed by atoms with Crippen LogP contribution in [0.25, 0.3) is 6.08 Å². The second kappa shape index (κ2) is 11.7. The van der Waals surface area contributed by atoms with Gasteiger partial charge in [0.25, 0.3) is 0 Å². The zero-order valence-corrected chi connectivity index (χ0v) is 22.0. The number of benzene rings is 2. The van der Waals surface area contributed by atoms with Gasteiger partial charge in [0.1, 0.15) is 11.6 Å². The normalized spacial score (nSPS) is 21.4. The van der Waals surface area contributed by atoms with E-state index in [1.807, 2.05) is 4.90 Å². The van der Waals surface area contributed by atoms with Gasteiger partial charge in [-0.1, -0.05) is 23.7 Å². The van der Waals surface area contributed by atoms with Crippen LogP contribution in [0.4, 0.5) is 14.9 Å². The first-order chi connectivity index (χ1) is 18.4.